The minimum absolute atomic E-state index is 0. The molecule has 0 aromatic heterocycles. The predicted octanol–water partition coefficient (Wildman–Crippen LogP) is -2.97. The van der Waals surface area contributed by atoms with E-state index in [1.807, 2.05) is 0 Å². The molecule has 0 spiro atoms. The van der Waals surface area contributed by atoms with Crippen molar-refractivity contribution in [2.45, 2.75) is 20.8 Å². The first kappa shape index (κ1) is 16.3. The highest BCUT2D eigenvalue weighted by Gasteiger charge is 2.06. The van der Waals surface area contributed by atoms with Crippen LogP contribution in [0.3, 0.4) is 0 Å². The molecule has 14 heavy (non-hydrogen) atoms. The van der Waals surface area contributed by atoms with Crippen LogP contribution in [-0.4, -0.2) is 32.2 Å². The third kappa shape index (κ3) is 7.32. The van der Waals surface area contributed by atoms with E-state index in [1.165, 1.54) is 4.90 Å². The number of carbonyl (C=O) groups excluding carboxylic acids is 1. The van der Waals surface area contributed by atoms with Crippen LogP contribution in [0.5, 0.6) is 0 Å². The Morgan fingerprint density at radius 1 is 1.36 bits per heavy atom. The Labute approximate surface area is 104 Å². The summed E-state index contributed by atoms with van der Waals surface area (Å²) in [5.74, 6) is -0.286. The second-order valence-corrected chi connectivity index (χ2v) is 3.12. The Hall–Kier alpha value is -0.100. The summed E-state index contributed by atoms with van der Waals surface area (Å²) < 4.78 is 4.98. The molecular formula is C10H20INO2. The largest absolute Gasteiger partial charge is 1.00 e. The third-order valence-corrected chi connectivity index (χ3v) is 2.04. The minimum atomic E-state index is -0.286. The van der Waals surface area contributed by atoms with Crippen molar-refractivity contribution in [3.05, 3.63) is 12.2 Å². The van der Waals surface area contributed by atoms with Crippen molar-refractivity contribution in [2.75, 3.05) is 26.2 Å². The van der Waals surface area contributed by atoms with E-state index in [0.717, 1.165) is 19.6 Å². The summed E-state index contributed by atoms with van der Waals surface area (Å²) >= 11 is 0. The first-order valence-electron chi connectivity index (χ1n) is 4.78. The van der Waals surface area contributed by atoms with Crippen LogP contribution in [0.2, 0.25) is 0 Å². The van der Waals surface area contributed by atoms with Gasteiger partial charge in [0, 0.05) is 5.57 Å². The molecule has 0 amide bonds. The number of rotatable bonds is 6. The van der Waals surface area contributed by atoms with Gasteiger partial charge < -0.3 is 33.6 Å². The van der Waals surface area contributed by atoms with Gasteiger partial charge in [-0.15, -0.1) is 0 Å². The summed E-state index contributed by atoms with van der Waals surface area (Å²) in [6.07, 6.45) is 0. The molecule has 3 nitrogen and oxygen atoms in total. The summed E-state index contributed by atoms with van der Waals surface area (Å²) in [6.45, 7) is 12.9. The Balaban J connectivity index is 0. The molecule has 0 radical (unpaired) electrons. The van der Waals surface area contributed by atoms with Crippen LogP contribution in [0.1, 0.15) is 20.8 Å². The third-order valence-electron chi connectivity index (χ3n) is 2.04. The maximum Gasteiger partial charge on any atom is 0.333 e. The van der Waals surface area contributed by atoms with E-state index >= 15 is 0 Å². The van der Waals surface area contributed by atoms with Crippen LogP contribution in [0.4, 0.5) is 0 Å². The summed E-state index contributed by atoms with van der Waals surface area (Å²) in [4.78, 5) is 12.4. The van der Waals surface area contributed by atoms with E-state index in [0.29, 0.717) is 12.2 Å². The molecule has 4 heteroatoms. The van der Waals surface area contributed by atoms with E-state index in [2.05, 4.69) is 20.4 Å². The number of hydrogen-bond acceptors (Lipinski definition) is 2. The average Bonchev–Trinajstić information content (AvgIpc) is 2.12. The highest BCUT2D eigenvalue weighted by Crippen LogP contribution is 1.89. The van der Waals surface area contributed by atoms with Gasteiger partial charge in [-0.05, 0) is 20.8 Å². The topological polar surface area (TPSA) is 30.7 Å². The number of nitrogens with one attached hydrogen (secondary N) is 1. The van der Waals surface area contributed by atoms with Crippen LogP contribution in [0.25, 0.3) is 0 Å². The van der Waals surface area contributed by atoms with Gasteiger partial charge in [0.05, 0.1) is 13.1 Å². The molecule has 0 aliphatic rings. The Bertz CT molecular complexity index is 179. The van der Waals surface area contributed by atoms with E-state index in [1.54, 1.807) is 6.92 Å². The normalized spacial score (nSPS) is 9.43. The fourth-order valence-electron chi connectivity index (χ4n) is 1.01. The molecule has 0 fully saturated rings. The molecule has 0 saturated carbocycles. The molecule has 0 aliphatic heterocycles. The van der Waals surface area contributed by atoms with Gasteiger partial charge in [0.1, 0.15) is 13.2 Å². The van der Waals surface area contributed by atoms with Crippen molar-refractivity contribution in [1.29, 1.82) is 0 Å². The molecule has 0 unspecified atom stereocenters. The van der Waals surface area contributed by atoms with Crippen LogP contribution >= 0.6 is 0 Å². The van der Waals surface area contributed by atoms with Crippen molar-refractivity contribution in [3.63, 3.8) is 0 Å². The lowest BCUT2D eigenvalue weighted by Crippen LogP contribution is -3.11. The number of halogens is 1. The second-order valence-electron chi connectivity index (χ2n) is 3.12. The van der Waals surface area contributed by atoms with Crippen LogP contribution in [0, 0.1) is 0 Å². The van der Waals surface area contributed by atoms with Crippen LogP contribution in [0.15, 0.2) is 12.2 Å². The second kappa shape index (κ2) is 9.45. The first-order chi connectivity index (χ1) is 6.11. The highest BCUT2D eigenvalue weighted by molar-refractivity contribution is 5.86. The average molecular weight is 313 g/mol. The van der Waals surface area contributed by atoms with Gasteiger partial charge in [-0.1, -0.05) is 6.58 Å². The number of ether oxygens (including phenoxy) is 1. The van der Waals surface area contributed by atoms with Crippen molar-refractivity contribution in [2.24, 2.45) is 0 Å². The molecule has 0 aromatic carbocycles. The van der Waals surface area contributed by atoms with Gasteiger partial charge in [0.2, 0.25) is 0 Å². The summed E-state index contributed by atoms with van der Waals surface area (Å²) in [7, 11) is 0. The molecule has 0 saturated heterocycles. The zero-order valence-corrected chi connectivity index (χ0v) is 11.4. The lowest BCUT2D eigenvalue weighted by Gasteiger charge is -2.14. The van der Waals surface area contributed by atoms with Gasteiger partial charge >= 0.3 is 5.97 Å². The molecule has 0 heterocycles. The standard InChI is InChI=1S/C10H19NO2.HI/c1-5-11(6-2)7-8-13-10(12)9(3)4;/h3,5-8H2,1-2,4H3;1H. The van der Waals surface area contributed by atoms with E-state index in [4.69, 9.17) is 4.74 Å². The summed E-state index contributed by atoms with van der Waals surface area (Å²) in [5, 5.41) is 0. The van der Waals surface area contributed by atoms with E-state index < -0.39 is 0 Å². The minimum Gasteiger partial charge on any atom is -1.00 e. The van der Waals surface area contributed by atoms with Crippen molar-refractivity contribution in [3.8, 4) is 0 Å². The summed E-state index contributed by atoms with van der Waals surface area (Å²) in [5.41, 5.74) is 0.467. The zero-order valence-electron chi connectivity index (χ0n) is 9.23. The van der Waals surface area contributed by atoms with E-state index in [9.17, 15) is 4.79 Å². The molecule has 0 rings (SSSR count). The molecule has 0 aliphatic carbocycles. The van der Waals surface area contributed by atoms with Gasteiger partial charge in [-0.3, -0.25) is 0 Å². The monoisotopic (exact) mass is 313 g/mol. The molecule has 0 aromatic rings. The number of quaternary nitrogens is 1. The number of carbonyl (C=O) groups is 1. The van der Waals surface area contributed by atoms with Crippen molar-refractivity contribution >= 4 is 5.97 Å². The molecule has 84 valence electrons. The number of esters is 1. The van der Waals surface area contributed by atoms with Crippen molar-refractivity contribution < 1.29 is 38.4 Å². The number of hydrogen-bond donors (Lipinski definition) is 1. The smallest absolute Gasteiger partial charge is 0.333 e. The van der Waals surface area contributed by atoms with E-state index in [-0.39, 0.29) is 29.9 Å². The lowest BCUT2D eigenvalue weighted by atomic mass is 10.4. The Morgan fingerprint density at radius 2 is 1.86 bits per heavy atom. The van der Waals surface area contributed by atoms with Crippen LogP contribution in [-0.2, 0) is 9.53 Å². The van der Waals surface area contributed by atoms with Crippen LogP contribution < -0.4 is 28.9 Å². The van der Waals surface area contributed by atoms with Gasteiger partial charge in [-0.2, -0.15) is 0 Å². The Morgan fingerprint density at radius 3 is 2.21 bits per heavy atom. The SMILES string of the molecule is C=C(C)C(=O)OCC[NH+](CC)CC.[I-]. The van der Waals surface area contributed by atoms with Crippen molar-refractivity contribution in [1.82, 2.24) is 0 Å². The first-order valence-corrected chi connectivity index (χ1v) is 4.78. The molecule has 1 N–H and O–H groups in total. The quantitative estimate of drug-likeness (QED) is 0.323. The predicted molar refractivity (Wildman–Crippen MR) is 52.7 cm³/mol. The van der Waals surface area contributed by atoms with Gasteiger partial charge in [-0.25, -0.2) is 4.79 Å². The summed E-state index contributed by atoms with van der Waals surface area (Å²) in [6, 6.07) is 0. The fourth-order valence-corrected chi connectivity index (χ4v) is 1.01. The van der Waals surface area contributed by atoms with Gasteiger partial charge in [0.15, 0.2) is 0 Å². The highest BCUT2D eigenvalue weighted by atomic mass is 127. The molecule has 0 bridgehead atoms. The lowest BCUT2D eigenvalue weighted by molar-refractivity contribution is -0.896. The molecular weight excluding hydrogens is 293 g/mol. The number of likely N-dealkylation sites (N-methyl/N-ethyl adjacent to an activating group) is 1. The molecule has 0 atom stereocenters. The zero-order chi connectivity index (χ0) is 10.3. The maximum atomic E-state index is 11.0. The fraction of sp³-hybridized carbons (Fsp3) is 0.700. The Kier molecular flexibility index (Phi) is 11.0. The maximum absolute atomic E-state index is 11.0. The van der Waals surface area contributed by atoms with Gasteiger partial charge in [0.25, 0.3) is 0 Å².